The van der Waals surface area contributed by atoms with Gasteiger partial charge < -0.3 is 9.32 Å². The summed E-state index contributed by atoms with van der Waals surface area (Å²) in [4.78, 5) is 16.2. The molecule has 3 aromatic carbocycles. The molecule has 0 spiro atoms. The molecule has 1 aromatic heterocycles. The monoisotopic (exact) mass is 456 g/mol. The summed E-state index contributed by atoms with van der Waals surface area (Å²) in [5.41, 5.74) is 3.57. The molecular weight excluding hydrogens is 431 g/mol. The second-order valence-electron chi connectivity index (χ2n) is 8.39. The first kappa shape index (κ1) is 22.0. The summed E-state index contributed by atoms with van der Waals surface area (Å²) in [6.07, 6.45) is 0. The van der Waals surface area contributed by atoms with Gasteiger partial charge in [0.15, 0.2) is 5.78 Å². The Hall–Kier alpha value is -3.84. The Labute approximate surface area is 197 Å². The molecule has 1 fully saturated rings. The molecule has 172 valence electrons. The van der Waals surface area contributed by atoms with Crippen LogP contribution in [0.1, 0.15) is 34.8 Å². The molecule has 6 nitrogen and oxygen atoms in total. The largest absolute Gasteiger partial charge is 0.419 e. The molecule has 4 aromatic rings. The summed E-state index contributed by atoms with van der Waals surface area (Å²) in [6.45, 7) is 4.71. The minimum Gasteiger partial charge on any atom is -0.419 e. The lowest BCUT2D eigenvalue weighted by Gasteiger charge is -2.39. The minimum atomic E-state index is -0.281. The molecule has 2 heterocycles. The number of rotatable bonds is 6. The second kappa shape index (κ2) is 9.57. The number of anilines is 1. The number of Topliss-reactive ketones (excluding diaryl/α,β-unsaturated/α-hetero) is 1. The molecule has 0 unspecified atom stereocenters. The van der Waals surface area contributed by atoms with E-state index >= 15 is 0 Å². The van der Waals surface area contributed by atoms with Crippen molar-refractivity contribution in [3.63, 3.8) is 0 Å². The molecule has 1 atom stereocenters. The van der Waals surface area contributed by atoms with Crippen molar-refractivity contribution in [3.05, 3.63) is 102 Å². The summed E-state index contributed by atoms with van der Waals surface area (Å²) in [5, 5.41) is 8.65. The van der Waals surface area contributed by atoms with Gasteiger partial charge in [-0.05, 0) is 61.0 Å². The number of piperazine rings is 1. The number of aromatic nitrogens is 2. The predicted octanol–water partition coefficient (Wildman–Crippen LogP) is 4.99. The number of carbonyl (C=O) groups is 1. The standard InChI is InChI=1S/C27H25FN4O2/c1-19(33)20-9-13-24(14-10-20)31-15-17-32(18-16-31)25(21-7-11-23(28)12-8-21)27-30-29-26(34-27)22-5-3-2-4-6-22/h2-14,25H,15-18H2,1H3/t25-/m1/s1. The molecule has 0 saturated carbocycles. The highest BCUT2D eigenvalue weighted by Crippen LogP contribution is 2.31. The Balaban J connectivity index is 1.38. The van der Waals surface area contributed by atoms with Crippen LogP contribution in [-0.4, -0.2) is 47.1 Å². The van der Waals surface area contributed by atoms with E-state index in [1.54, 1.807) is 19.1 Å². The summed E-state index contributed by atoms with van der Waals surface area (Å²) < 4.78 is 19.8. The van der Waals surface area contributed by atoms with Crippen molar-refractivity contribution in [2.45, 2.75) is 13.0 Å². The van der Waals surface area contributed by atoms with Crippen molar-refractivity contribution in [3.8, 4) is 11.5 Å². The number of carbonyl (C=O) groups excluding carboxylic acids is 1. The highest BCUT2D eigenvalue weighted by atomic mass is 19.1. The third-order valence-electron chi connectivity index (χ3n) is 6.20. The van der Waals surface area contributed by atoms with Gasteiger partial charge in [0.25, 0.3) is 0 Å². The van der Waals surface area contributed by atoms with Crippen LogP contribution in [0.5, 0.6) is 0 Å². The number of halogens is 1. The van der Waals surface area contributed by atoms with Crippen LogP contribution in [0.25, 0.3) is 11.5 Å². The molecule has 0 aliphatic carbocycles. The molecule has 1 saturated heterocycles. The SMILES string of the molecule is CC(=O)c1ccc(N2CCN([C@H](c3ccc(F)cc3)c3nnc(-c4ccccc4)o3)CC2)cc1. The number of hydrogen-bond donors (Lipinski definition) is 0. The maximum atomic E-state index is 13.6. The summed E-state index contributed by atoms with van der Waals surface area (Å²) in [5.74, 6) is 0.737. The highest BCUT2D eigenvalue weighted by molar-refractivity contribution is 5.94. The zero-order valence-corrected chi connectivity index (χ0v) is 18.9. The molecular formula is C27H25FN4O2. The Morgan fingerprint density at radius 2 is 1.56 bits per heavy atom. The van der Waals surface area contributed by atoms with Gasteiger partial charge in [-0.1, -0.05) is 30.3 Å². The van der Waals surface area contributed by atoms with Gasteiger partial charge in [-0.15, -0.1) is 10.2 Å². The zero-order valence-electron chi connectivity index (χ0n) is 18.9. The quantitative estimate of drug-likeness (QED) is 0.381. The van der Waals surface area contributed by atoms with E-state index in [2.05, 4.69) is 20.0 Å². The lowest BCUT2D eigenvalue weighted by molar-refractivity contribution is 0.101. The summed E-state index contributed by atoms with van der Waals surface area (Å²) in [6, 6.07) is 23.6. The molecule has 0 amide bonds. The van der Waals surface area contributed by atoms with Crippen molar-refractivity contribution < 1.29 is 13.6 Å². The minimum absolute atomic E-state index is 0.0629. The normalized spacial score (nSPS) is 15.3. The Morgan fingerprint density at radius 3 is 2.21 bits per heavy atom. The molecule has 1 aliphatic rings. The van der Waals surface area contributed by atoms with Gasteiger partial charge in [-0.2, -0.15) is 0 Å². The first-order chi connectivity index (χ1) is 16.6. The van der Waals surface area contributed by atoms with E-state index < -0.39 is 0 Å². The van der Waals surface area contributed by atoms with Crippen molar-refractivity contribution in [2.24, 2.45) is 0 Å². The second-order valence-corrected chi connectivity index (χ2v) is 8.39. The Kier molecular flexibility index (Phi) is 6.18. The maximum absolute atomic E-state index is 13.6. The topological polar surface area (TPSA) is 62.5 Å². The van der Waals surface area contributed by atoms with E-state index in [1.807, 2.05) is 54.6 Å². The van der Waals surface area contributed by atoms with Crippen molar-refractivity contribution in [1.82, 2.24) is 15.1 Å². The van der Waals surface area contributed by atoms with E-state index in [0.717, 1.165) is 43.0 Å². The smallest absolute Gasteiger partial charge is 0.247 e. The maximum Gasteiger partial charge on any atom is 0.247 e. The average molecular weight is 457 g/mol. The van der Waals surface area contributed by atoms with Crippen LogP contribution < -0.4 is 4.90 Å². The van der Waals surface area contributed by atoms with Gasteiger partial charge in [-0.3, -0.25) is 9.69 Å². The van der Waals surface area contributed by atoms with Crippen molar-refractivity contribution in [1.29, 1.82) is 0 Å². The van der Waals surface area contributed by atoms with E-state index in [0.29, 0.717) is 17.3 Å². The summed E-state index contributed by atoms with van der Waals surface area (Å²) in [7, 11) is 0. The van der Waals surface area contributed by atoms with Gasteiger partial charge in [0.05, 0.1) is 0 Å². The predicted molar refractivity (Wildman–Crippen MR) is 128 cm³/mol. The average Bonchev–Trinajstić information content (AvgIpc) is 3.36. The zero-order chi connectivity index (χ0) is 23.5. The fourth-order valence-electron chi connectivity index (χ4n) is 4.34. The number of hydrogen-bond acceptors (Lipinski definition) is 6. The number of ketones is 1. The van der Waals surface area contributed by atoms with Crippen LogP contribution in [-0.2, 0) is 0 Å². The van der Waals surface area contributed by atoms with Gasteiger partial charge in [-0.25, -0.2) is 4.39 Å². The molecule has 7 heteroatoms. The van der Waals surface area contributed by atoms with Gasteiger partial charge in [0.2, 0.25) is 11.8 Å². The summed E-state index contributed by atoms with van der Waals surface area (Å²) >= 11 is 0. The van der Waals surface area contributed by atoms with Crippen molar-refractivity contribution >= 4 is 11.5 Å². The number of benzene rings is 3. The van der Waals surface area contributed by atoms with Crippen molar-refractivity contribution in [2.75, 3.05) is 31.1 Å². The first-order valence-electron chi connectivity index (χ1n) is 11.3. The van der Waals surface area contributed by atoms with E-state index in [9.17, 15) is 9.18 Å². The number of nitrogens with zero attached hydrogens (tertiary/aromatic N) is 4. The lowest BCUT2D eigenvalue weighted by Crippen LogP contribution is -2.48. The molecule has 0 N–H and O–H groups in total. The van der Waals surface area contributed by atoms with E-state index in [4.69, 9.17) is 4.42 Å². The molecule has 0 bridgehead atoms. The lowest BCUT2D eigenvalue weighted by atomic mass is 10.0. The third-order valence-corrected chi connectivity index (χ3v) is 6.20. The van der Waals surface area contributed by atoms with Crippen LogP contribution in [0.3, 0.4) is 0 Å². The Bertz CT molecular complexity index is 1250. The van der Waals surface area contributed by atoms with Crippen LogP contribution in [0.2, 0.25) is 0 Å². The van der Waals surface area contributed by atoms with Crippen LogP contribution in [0, 0.1) is 5.82 Å². The fourth-order valence-corrected chi connectivity index (χ4v) is 4.34. The molecule has 34 heavy (non-hydrogen) atoms. The third kappa shape index (κ3) is 4.61. The fraction of sp³-hybridized carbons (Fsp3) is 0.222. The highest BCUT2D eigenvalue weighted by Gasteiger charge is 2.31. The van der Waals surface area contributed by atoms with Gasteiger partial charge in [0, 0.05) is 43.0 Å². The van der Waals surface area contributed by atoms with E-state index in [1.165, 1.54) is 12.1 Å². The van der Waals surface area contributed by atoms with Gasteiger partial charge in [0.1, 0.15) is 11.9 Å². The first-order valence-corrected chi connectivity index (χ1v) is 11.3. The van der Waals surface area contributed by atoms with Crippen LogP contribution in [0.15, 0.2) is 83.3 Å². The van der Waals surface area contributed by atoms with E-state index in [-0.39, 0.29) is 17.6 Å². The van der Waals surface area contributed by atoms with Crippen LogP contribution >= 0.6 is 0 Å². The molecule has 0 radical (unpaired) electrons. The van der Waals surface area contributed by atoms with Gasteiger partial charge >= 0.3 is 0 Å². The Morgan fingerprint density at radius 1 is 0.882 bits per heavy atom. The molecule has 5 rings (SSSR count). The molecule has 1 aliphatic heterocycles. The van der Waals surface area contributed by atoms with Crippen LogP contribution in [0.4, 0.5) is 10.1 Å².